The number of halogens is 1. The number of nitrogens with zero attached hydrogens (tertiary/aromatic N) is 1. The monoisotopic (exact) mass is 447 g/mol. The van der Waals surface area contributed by atoms with Gasteiger partial charge < -0.3 is 19.7 Å². The molecular weight excluding hydrogens is 425 g/mol. The number of pyridine rings is 1. The van der Waals surface area contributed by atoms with Crippen molar-refractivity contribution in [2.24, 2.45) is 0 Å². The number of aromatic nitrogens is 1. The Bertz CT molecular complexity index is 1030. The van der Waals surface area contributed by atoms with Crippen molar-refractivity contribution < 1.29 is 33.7 Å². The van der Waals surface area contributed by atoms with Crippen molar-refractivity contribution in [2.45, 2.75) is 11.3 Å². The molecule has 0 spiro atoms. The fraction of sp³-hybridized carbons (Fsp3) is 0.227. The van der Waals surface area contributed by atoms with E-state index < -0.39 is 18.6 Å². The zero-order valence-corrected chi connectivity index (χ0v) is 17.8. The molecule has 1 aromatic heterocycles. The van der Waals surface area contributed by atoms with Crippen LogP contribution >= 0.6 is 11.8 Å². The molecule has 1 heterocycles. The Labute approximate surface area is 182 Å². The molecule has 3 rings (SSSR count). The minimum Gasteiger partial charge on any atom is -0.493 e. The van der Waals surface area contributed by atoms with E-state index >= 15 is 0 Å². The van der Waals surface area contributed by atoms with Crippen molar-refractivity contribution >= 4 is 34.5 Å². The number of ether oxygens (including phenoxy) is 2. The van der Waals surface area contributed by atoms with Crippen LogP contribution in [0, 0.1) is 0 Å². The molecule has 2 N–H and O–H groups in total. The predicted octanol–water partition coefficient (Wildman–Crippen LogP) is 4.06. The highest BCUT2D eigenvalue weighted by Gasteiger charge is 2.11. The lowest BCUT2D eigenvalue weighted by molar-refractivity contribution is -0.159. The largest absolute Gasteiger partial charge is 0.493 e. The number of methoxy groups -OCH3 is 1. The maximum atomic E-state index is 12.4. The lowest BCUT2D eigenvalue weighted by Crippen LogP contribution is -2.09. The first-order chi connectivity index (χ1) is 14.9. The van der Waals surface area contributed by atoms with E-state index in [0.717, 1.165) is 22.9 Å². The van der Waals surface area contributed by atoms with Gasteiger partial charge in [-0.2, -0.15) is 0 Å². The van der Waals surface area contributed by atoms with E-state index in [9.17, 15) is 4.39 Å². The summed E-state index contributed by atoms with van der Waals surface area (Å²) in [5, 5.41) is 16.8. The molecule has 9 heteroatoms. The lowest BCUT2D eigenvalue weighted by Gasteiger charge is -2.13. The number of aliphatic carboxylic acids is 2. The Balaban J connectivity index is 0.000000501. The molecule has 164 valence electrons. The predicted molar refractivity (Wildman–Crippen MR) is 116 cm³/mol. The highest BCUT2D eigenvalue weighted by molar-refractivity contribution is 7.98. The first-order valence-electron chi connectivity index (χ1n) is 9.13. The number of carboxylic acids is 2. The van der Waals surface area contributed by atoms with Gasteiger partial charge in [0.05, 0.1) is 12.8 Å². The third-order valence-corrected chi connectivity index (χ3v) is 4.92. The Morgan fingerprint density at radius 1 is 1.06 bits per heavy atom. The van der Waals surface area contributed by atoms with Crippen molar-refractivity contribution in [1.29, 1.82) is 0 Å². The number of rotatable bonds is 7. The third kappa shape index (κ3) is 6.85. The van der Waals surface area contributed by atoms with Crippen LogP contribution in [-0.2, 0) is 16.0 Å². The summed E-state index contributed by atoms with van der Waals surface area (Å²) in [6, 6.07) is 14.2. The van der Waals surface area contributed by atoms with Crippen LogP contribution in [0.5, 0.6) is 11.5 Å². The van der Waals surface area contributed by atoms with E-state index in [2.05, 4.69) is 35.5 Å². The van der Waals surface area contributed by atoms with E-state index in [1.54, 1.807) is 25.1 Å². The van der Waals surface area contributed by atoms with E-state index in [4.69, 9.17) is 29.3 Å². The minimum atomic E-state index is -1.82. The number of carbonyl (C=O) groups is 2. The van der Waals surface area contributed by atoms with Gasteiger partial charge in [-0.05, 0) is 47.5 Å². The molecule has 0 aliphatic carbocycles. The second-order valence-corrected chi connectivity index (χ2v) is 7.03. The average molecular weight is 447 g/mol. The van der Waals surface area contributed by atoms with Crippen LogP contribution in [0.1, 0.15) is 11.3 Å². The zero-order chi connectivity index (χ0) is 22.8. The molecule has 0 unspecified atom stereocenters. The van der Waals surface area contributed by atoms with Gasteiger partial charge in [-0.15, -0.1) is 11.8 Å². The van der Waals surface area contributed by atoms with Crippen LogP contribution in [0.3, 0.4) is 0 Å². The Morgan fingerprint density at radius 3 is 2.29 bits per heavy atom. The smallest absolute Gasteiger partial charge is 0.414 e. The van der Waals surface area contributed by atoms with Crippen LogP contribution < -0.4 is 9.47 Å². The van der Waals surface area contributed by atoms with E-state index in [1.807, 2.05) is 18.2 Å². The highest BCUT2D eigenvalue weighted by Crippen LogP contribution is 2.34. The van der Waals surface area contributed by atoms with Crippen LogP contribution in [0.15, 0.2) is 53.6 Å². The molecule has 0 saturated heterocycles. The summed E-state index contributed by atoms with van der Waals surface area (Å²) in [7, 11) is 1.58. The summed E-state index contributed by atoms with van der Waals surface area (Å²) in [5.74, 6) is -2.51. The summed E-state index contributed by atoms with van der Waals surface area (Å²) < 4.78 is 23.3. The Hall–Kier alpha value is -3.33. The number of thioether (sulfide) groups is 1. The second-order valence-electron chi connectivity index (χ2n) is 6.15. The van der Waals surface area contributed by atoms with E-state index in [-0.39, 0.29) is 6.61 Å². The Morgan fingerprint density at radius 2 is 1.74 bits per heavy atom. The summed E-state index contributed by atoms with van der Waals surface area (Å²) in [5.41, 5.74) is 2.18. The highest BCUT2D eigenvalue weighted by atomic mass is 32.2. The number of alkyl halides is 1. The molecule has 0 bridgehead atoms. The fourth-order valence-corrected chi connectivity index (χ4v) is 3.15. The first kappa shape index (κ1) is 23.9. The summed E-state index contributed by atoms with van der Waals surface area (Å²) in [6.07, 6.45) is 4.59. The molecule has 7 nitrogen and oxygen atoms in total. The molecule has 2 aromatic carbocycles. The number of fused-ring (bicyclic) bond motifs is 1. The van der Waals surface area contributed by atoms with Crippen LogP contribution in [0.25, 0.3) is 10.8 Å². The normalized spacial score (nSPS) is 10.2. The average Bonchev–Trinajstić information content (AvgIpc) is 2.78. The number of hydrogen-bond donors (Lipinski definition) is 2. The number of hydrogen-bond acceptors (Lipinski definition) is 6. The molecule has 0 saturated carbocycles. The maximum absolute atomic E-state index is 12.4. The lowest BCUT2D eigenvalue weighted by atomic mass is 10.0. The van der Waals surface area contributed by atoms with E-state index in [0.29, 0.717) is 11.5 Å². The van der Waals surface area contributed by atoms with Gasteiger partial charge in [-0.25, -0.2) is 14.0 Å². The number of carboxylic acid groups (broad SMARTS) is 2. The van der Waals surface area contributed by atoms with Crippen LogP contribution in [0.4, 0.5) is 4.39 Å². The standard InChI is InChI=1S/C20H20FNO2S.C2H2O4/c1-23-19-13-17-15(12-20(19)24-10-8-21)7-9-22-18(17)11-14-3-5-16(25-2)6-4-14;3-1(4)2(5)6/h3-7,9,12-13H,8,10-11H2,1-2H3;(H,3,4)(H,5,6). The van der Waals surface area contributed by atoms with Gasteiger partial charge in [-0.1, -0.05) is 12.1 Å². The molecule has 3 aromatic rings. The van der Waals surface area contributed by atoms with Gasteiger partial charge in [0.2, 0.25) is 0 Å². The molecule has 0 amide bonds. The van der Waals surface area contributed by atoms with Crippen molar-refractivity contribution in [3.05, 3.63) is 59.9 Å². The molecule has 0 atom stereocenters. The molecular formula is C22H22FNO6S. The van der Waals surface area contributed by atoms with Crippen molar-refractivity contribution in [3.8, 4) is 11.5 Å². The van der Waals surface area contributed by atoms with E-state index in [1.165, 1.54) is 10.5 Å². The van der Waals surface area contributed by atoms with Gasteiger partial charge in [0.15, 0.2) is 11.5 Å². The molecule has 0 aliphatic heterocycles. The zero-order valence-electron chi connectivity index (χ0n) is 17.0. The summed E-state index contributed by atoms with van der Waals surface area (Å²) >= 11 is 1.73. The van der Waals surface area contributed by atoms with Gasteiger partial charge >= 0.3 is 11.9 Å². The quantitative estimate of drug-likeness (QED) is 0.413. The van der Waals surface area contributed by atoms with Crippen molar-refractivity contribution in [1.82, 2.24) is 4.98 Å². The minimum absolute atomic E-state index is 0.0155. The van der Waals surface area contributed by atoms with Gasteiger partial charge in [0, 0.05) is 22.9 Å². The molecule has 0 fully saturated rings. The maximum Gasteiger partial charge on any atom is 0.414 e. The summed E-state index contributed by atoms with van der Waals surface area (Å²) in [6.45, 7) is -0.517. The fourth-order valence-electron chi connectivity index (χ4n) is 2.74. The first-order valence-corrected chi connectivity index (χ1v) is 10.4. The number of benzene rings is 2. The van der Waals surface area contributed by atoms with Crippen LogP contribution in [0.2, 0.25) is 0 Å². The SMILES string of the molecule is COc1cc2c(Cc3ccc(SC)cc3)nccc2cc1OCCF.O=C(O)C(=O)O. The second kappa shape index (κ2) is 11.8. The third-order valence-electron chi connectivity index (χ3n) is 4.18. The Kier molecular flexibility index (Phi) is 9.08. The molecule has 31 heavy (non-hydrogen) atoms. The van der Waals surface area contributed by atoms with Crippen molar-refractivity contribution in [2.75, 3.05) is 26.6 Å². The van der Waals surface area contributed by atoms with Gasteiger partial charge in [-0.3, -0.25) is 4.98 Å². The van der Waals surface area contributed by atoms with Crippen molar-refractivity contribution in [3.63, 3.8) is 0 Å². The summed E-state index contributed by atoms with van der Waals surface area (Å²) in [4.78, 5) is 24.0. The topological polar surface area (TPSA) is 106 Å². The van der Waals surface area contributed by atoms with Crippen LogP contribution in [-0.4, -0.2) is 53.8 Å². The molecule has 0 radical (unpaired) electrons. The van der Waals surface area contributed by atoms with Gasteiger partial charge in [0.1, 0.15) is 13.3 Å². The van der Waals surface area contributed by atoms with Gasteiger partial charge in [0.25, 0.3) is 0 Å². The molecule has 0 aliphatic rings.